The van der Waals surface area contributed by atoms with Gasteiger partial charge in [0, 0.05) is 28.2 Å². The summed E-state index contributed by atoms with van der Waals surface area (Å²) in [5.74, 6) is 1.55. The van der Waals surface area contributed by atoms with E-state index in [2.05, 4.69) is 48.4 Å². The molecule has 6 heteroatoms. The van der Waals surface area contributed by atoms with E-state index in [1.54, 1.807) is 0 Å². The van der Waals surface area contributed by atoms with Crippen molar-refractivity contribution in [1.29, 1.82) is 0 Å². The molecule has 3 aromatic rings. The molecule has 0 aliphatic heterocycles. The number of carbonyl (C=O) groups is 1. The van der Waals surface area contributed by atoms with Gasteiger partial charge in [-0.1, -0.05) is 55.8 Å². The molecule has 2 N–H and O–H groups in total. The van der Waals surface area contributed by atoms with Crippen molar-refractivity contribution in [1.82, 2.24) is 4.98 Å². The molecule has 1 aromatic heterocycles. The van der Waals surface area contributed by atoms with E-state index in [4.69, 9.17) is 16.3 Å². The lowest BCUT2D eigenvalue weighted by atomic mass is 9.59. The summed E-state index contributed by atoms with van der Waals surface area (Å²) >= 11 is 6.22. The number of fused-ring (bicyclic) bond motifs is 3. The minimum atomic E-state index is -0.996. The zero-order valence-electron chi connectivity index (χ0n) is 24.2. The van der Waals surface area contributed by atoms with Crippen LogP contribution in [-0.4, -0.2) is 28.2 Å². The zero-order chi connectivity index (χ0) is 28.6. The Hall–Kier alpha value is -3.05. The highest BCUT2D eigenvalue weighted by atomic mass is 35.5. The summed E-state index contributed by atoms with van der Waals surface area (Å²) in [5, 5.41) is 14.4. The first-order valence-electron chi connectivity index (χ1n) is 15.3. The fourth-order valence-electron chi connectivity index (χ4n) is 8.06. The molecule has 3 aliphatic rings. The van der Waals surface area contributed by atoms with Crippen LogP contribution < -0.4 is 10.1 Å². The highest BCUT2D eigenvalue weighted by Gasteiger charge is 2.54. The van der Waals surface area contributed by atoms with Crippen LogP contribution in [0.25, 0.3) is 0 Å². The van der Waals surface area contributed by atoms with Crippen LogP contribution in [0.2, 0.25) is 5.02 Å². The molecule has 1 fully saturated rings. The summed E-state index contributed by atoms with van der Waals surface area (Å²) in [5.41, 5.74) is 5.12. The fourth-order valence-corrected chi connectivity index (χ4v) is 8.25. The van der Waals surface area contributed by atoms with E-state index in [9.17, 15) is 9.90 Å². The minimum Gasteiger partial charge on any atom is -0.493 e. The normalized spacial score (nSPS) is 27.6. The molecule has 216 valence electrons. The second-order valence-corrected chi connectivity index (χ2v) is 13.3. The Morgan fingerprint density at radius 2 is 1.95 bits per heavy atom. The van der Waals surface area contributed by atoms with Gasteiger partial charge in [0.05, 0.1) is 6.61 Å². The van der Waals surface area contributed by atoms with Gasteiger partial charge in [-0.25, -0.2) is 4.79 Å². The number of hydrogen-bond acceptors (Lipinski definition) is 4. The Bertz CT molecular complexity index is 1410. The SMILES string of the molecule is C[C@@H](COc1ccnc2c1[C@H](C)CCC2)C[C@H]1Cc2ccccc2C12CCC(Nc1cccc(Cl)c1)(C(=O)O)CC2. The quantitative estimate of drug-likeness (QED) is 0.285. The molecule has 5 nitrogen and oxygen atoms in total. The number of carboxylic acids is 1. The second kappa shape index (κ2) is 11.3. The Balaban J connectivity index is 1.19. The Morgan fingerprint density at radius 3 is 2.73 bits per heavy atom. The topological polar surface area (TPSA) is 71.5 Å². The molecule has 1 saturated carbocycles. The van der Waals surface area contributed by atoms with E-state index in [0.717, 1.165) is 43.5 Å². The van der Waals surface area contributed by atoms with Gasteiger partial charge in [-0.3, -0.25) is 4.98 Å². The molecule has 0 unspecified atom stereocenters. The van der Waals surface area contributed by atoms with E-state index in [-0.39, 0.29) is 5.41 Å². The van der Waals surface area contributed by atoms with Crippen molar-refractivity contribution in [3.8, 4) is 5.75 Å². The molecule has 1 heterocycles. The highest BCUT2D eigenvalue weighted by Crippen LogP contribution is 2.56. The lowest BCUT2D eigenvalue weighted by molar-refractivity contribution is -0.144. The van der Waals surface area contributed by atoms with E-state index in [0.29, 0.717) is 42.2 Å². The summed E-state index contributed by atoms with van der Waals surface area (Å²) in [4.78, 5) is 17.3. The van der Waals surface area contributed by atoms with Gasteiger partial charge < -0.3 is 15.2 Å². The van der Waals surface area contributed by atoms with Gasteiger partial charge in [-0.05, 0) is 116 Å². The molecule has 0 bridgehead atoms. The van der Waals surface area contributed by atoms with E-state index in [1.165, 1.54) is 35.2 Å². The summed E-state index contributed by atoms with van der Waals surface area (Å²) in [6, 6.07) is 18.3. The first kappa shape index (κ1) is 28.1. The third kappa shape index (κ3) is 5.34. The van der Waals surface area contributed by atoms with Crippen molar-refractivity contribution >= 4 is 23.3 Å². The standard InChI is InChI=1S/C35H41ClN2O3/c1-23(22-41-31-13-18-37-30-12-5-7-24(2)32(30)31)19-26-20-25-8-3-4-11-29(25)34(26)14-16-35(17-15-34,33(39)40)38-28-10-6-9-27(36)21-28/h3-4,6,8-11,13,18,21,23-24,26,38H,5,7,12,14-17,19-20,22H2,1-2H3,(H,39,40)/t23-,24-,26+,34?,35?/m1/s1. The highest BCUT2D eigenvalue weighted by molar-refractivity contribution is 6.30. The number of benzene rings is 2. The fraction of sp³-hybridized carbons (Fsp3) is 0.486. The van der Waals surface area contributed by atoms with Crippen molar-refractivity contribution in [3.63, 3.8) is 0 Å². The molecule has 0 radical (unpaired) electrons. The number of anilines is 1. The number of aromatic nitrogens is 1. The monoisotopic (exact) mass is 572 g/mol. The van der Waals surface area contributed by atoms with Crippen LogP contribution in [0.4, 0.5) is 5.69 Å². The summed E-state index contributed by atoms with van der Waals surface area (Å²) in [6.45, 7) is 5.28. The van der Waals surface area contributed by atoms with Crippen molar-refractivity contribution in [2.45, 2.75) is 88.5 Å². The number of nitrogens with zero attached hydrogens (tertiary/aromatic N) is 1. The van der Waals surface area contributed by atoms with E-state index in [1.807, 2.05) is 36.5 Å². The predicted octanol–water partition coefficient (Wildman–Crippen LogP) is 8.20. The maximum absolute atomic E-state index is 12.7. The first-order valence-corrected chi connectivity index (χ1v) is 15.6. The lowest BCUT2D eigenvalue weighted by Crippen LogP contribution is -2.53. The molecular weight excluding hydrogens is 532 g/mol. The maximum atomic E-state index is 12.7. The maximum Gasteiger partial charge on any atom is 0.329 e. The summed E-state index contributed by atoms with van der Waals surface area (Å²) in [6.07, 6.45) is 10.3. The average molecular weight is 573 g/mol. The van der Waals surface area contributed by atoms with Crippen LogP contribution in [0.15, 0.2) is 60.8 Å². The molecule has 0 amide bonds. The molecule has 1 spiro atoms. The summed E-state index contributed by atoms with van der Waals surface area (Å²) < 4.78 is 6.50. The van der Waals surface area contributed by atoms with Crippen LogP contribution in [0.5, 0.6) is 5.75 Å². The smallest absolute Gasteiger partial charge is 0.329 e. The zero-order valence-corrected chi connectivity index (χ0v) is 24.9. The van der Waals surface area contributed by atoms with Gasteiger partial charge in [-0.15, -0.1) is 0 Å². The number of nitrogens with one attached hydrogen (secondary N) is 1. The van der Waals surface area contributed by atoms with E-state index >= 15 is 0 Å². The van der Waals surface area contributed by atoms with Crippen molar-refractivity contribution < 1.29 is 14.6 Å². The Labute approximate surface area is 248 Å². The lowest BCUT2D eigenvalue weighted by Gasteiger charge is -2.47. The number of aliphatic carboxylic acids is 1. The largest absolute Gasteiger partial charge is 0.493 e. The Morgan fingerprint density at radius 1 is 1.15 bits per heavy atom. The van der Waals surface area contributed by atoms with Crippen molar-refractivity contribution in [2.75, 3.05) is 11.9 Å². The molecule has 3 atom stereocenters. The number of ether oxygens (including phenoxy) is 1. The van der Waals surface area contributed by atoms with Crippen molar-refractivity contribution in [2.24, 2.45) is 11.8 Å². The van der Waals surface area contributed by atoms with E-state index < -0.39 is 11.5 Å². The third-order valence-corrected chi connectivity index (χ3v) is 10.4. The average Bonchev–Trinajstić information content (AvgIpc) is 3.25. The number of carboxylic acid groups (broad SMARTS) is 1. The number of rotatable bonds is 8. The van der Waals surface area contributed by atoms with Crippen LogP contribution in [0.3, 0.4) is 0 Å². The van der Waals surface area contributed by atoms with Gasteiger partial charge in [-0.2, -0.15) is 0 Å². The van der Waals surface area contributed by atoms with Gasteiger partial charge in [0.2, 0.25) is 0 Å². The molecule has 3 aliphatic carbocycles. The molecular formula is C35H41ClN2O3. The van der Waals surface area contributed by atoms with Crippen LogP contribution in [0, 0.1) is 11.8 Å². The number of hydrogen-bond donors (Lipinski definition) is 2. The summed E-state index contributed by atoms with van der Waals surface area (Å²) in [7, 11) is 0. The molecule has 41 heavy (non-hydrogen) atoms. The van der Waals surface area contributed by atoms with Gasteiger partial charge >= 0.3 is 5.97 Å². The van der Waals surface area contributed by atoms with Gasteiger partial charge in [0.1, 0.15) is 11.3 Å². The number of halogens is 1. The van der Waals surface area contributed by atoms with Crippen LogP contribution >= 0.6 is 11.6 Å². The number of aryl methyl sites for hydroxylation is 1. The molecule has 2 aromatic carbocycles. The predicted molar refractivity (Wildman–Crippen MR) is 164 cm³/mol. The van der Waals surface area contributed by atoms with Crippen LogP contribution in [0.1, 0.15) is 87.1 Å². The van der Waals surface area contributed by atoms with Crippen molar-refractivity contribution in [3.05, 3.63) is 88.2 Å². The van der Waals surface area contributed by atoms with Crippen LogP contribution in [-0.2, 0) is 23.1 Å². The van der Waals surface area contributed by atoms with Gasteiger partial charge in [0.15, 0.2) is 0 Å². The molecule has 6 rings (SSSR count). The minimum absolute atomic E-state index is 0.00976. The number of pyridine rings is 1. The second-order valence-electron chi connectivity index (χ2n) is 12.9. The first-order chi connectivity index (χ1) is 19.8. The van der Waals surface area contributed by atoms with Gasteiger partial charge in [0.25, 0.3) is 0 Å². The Kier molecular flexibility index (Phi) is 7.76. The molecule has 0 saturated heterocycles. The third-order valence-electron chi connectivity index (χ3n) is 10.2.